The van der Waals surface area contributed by atoms with Crippen molar-refractivity contribution in [1.82, 2.24) is 5.32 Å². The van der Waals surface area contributed by atoms with Gasteiger partial charge in [-0.25, -0.2) is 9.59 Å². The van der Waals surface area contributed by atoms with Crippen LogP contribution in [0.5, 0.6) is 0 Å². The number of carboxylic acid groups (broad SMARTS) is 1. The number of fused-ring (bicyclic) bond motifs is 1. The van der Waals surface area contributed by atoms with Gasteiger partial charge in [0.25, 0.3) is 0 Å². The third kappa shape index (κ3) is 3.74. The highest BCUT2D eigenvalue weighted by Crippen LogP contribution is 2.26. The standard InChI is InChI=1S/C16H22N2O3/c1-11(2)10-13(15(19)20)17-16(21)18-9-5-7-12-6-3-4-8-14(12)18/h3-4,6,8,11,13H,5,7,9-10H2,1-2H3,(H,17,21)(H,19,20). The van der Waals surface area contributed by atoms with E-state index in [-0.39, 0.29) is 11.9 Å². The number of carbonyl (C=O) groups is 2. The summed E-state index contributed by atoms with van der Waals surface area (Å²) in [6, 6.07) is 6.61. The fraction of sp³-hybridized carbons (Fsp3) is 0.500. The Labute approximate surface area is 125 Å². The summed E-state index contributed by atoms with van der Waals surface area (Å²) in [7, 11) is 0. The summed E-state index contributed by atoms with van der Waals surface area (Å²) >= 11 is 0. The molecule has 0 radical (unpaired) electrons. The van der Waals surface area contributed by atoms with E-state index in [0.717, 1.165) is 24.1 Å². The highest BCUT2D eigenvalue weighted by atomic mass is 16.4. The molecule has 5 heteroatoms. The molecular weight excluding hydrogens is 268 g/mol. The normalized spacial score (nSPS) is 15.5. The topological polar surface area (TPSA) is 69.6 Å². The number of nitrogens with one attached hydrogen (secondary N) is 1. The Morgan fingerprint density at radius 3 is 2.71 bits per heavy atom. The number of urea groups is 1. The van der Waals surface area contributed by atoms with E-state index in [1.165, 1.54) is 0 Å². The smallest absolute Gasteiger partial charge is 0.326 e. The van der Waals surface area contributed by atoms with Crippen molar-refractivity contribution in [3.05, 3.63) is 29.8 Å². The predicted molar refractivity (Wildman–Crippen MR) is 81.5 cm³/mol. The van der Waals surface area contributed by atoms with Gasteiger partial charge in [0.1, 0.15) is 6.04 Å². The van der Waals surface area contributed by atoms with Crippen molar-refractivity contribution in [2.75, 3.05) is 11.4 Å². The van der Waals surface area contributed by atoms with Crippen LogP contribution in [-0.2, 0) is 11.2 Å². The van der Waals surface area contributed by atoms with Crippen molar-refractivity contribution in [3.8, 4) is 0 Å². The van der Waals surface area contributed by atoms with Crippen molar-refractivity contribution >= 4 is 17.7 Å². The molecule has 21 heavy (non-hydrogen) atoms. The second-order valence-corrected chi connectivity index (χ2v) is 5.85. The second kappa shape index (κ2) is 6.61. The fourth-order valence-electron chi connectivity index (χ4n) is 2.66. The number of nitrogens with zero attached hydrogens (tertiary/aromatic N) is 1. The Morgan fingerprint density at radius 2 is 2.05 bits per heavy atom. The largest absolute Gasteiger partial charge is 0.480 e. The summed E-state index contributed by atoms with van der Waals surface area (Å²) in [5.74, 6) is -0.776. The maximum atomic E-state index is 12.4. The third-order valence-electron chi connectivity index (χ3n) is 3.66. The number of aryl methyl sites for hydroxylation is 1. The van der Waals surface area contributed by atoms with E-state index in [9.17, 15) is 14.7 Å². The lowest BCUT2D eigenvalue weighted by molar-refractivity contribution is -0.139. The lowest BCUT2D eigenvalue weighted by atomic mass is 10.0. The maximum Gasteiger partial charge on any atom is 0.326 e. The second-order valence-electron chi connectivity index (χ2n) is 5.85. The van der Waals surface area contributed by atoms with Crippen LogP contribution in [-0.4, -0.2) is 29.7 Å². The number of hydrogen-bond donors (Lipinski definition) is 2. The number of rotatable bonds is 4. The van der Waals surface area contributed by atoms with Crippen molar-refractivity contribution in [1.29, 1.82) is 0 Å². The quantitative estimate of drug-likeness (QED) is 0.895. The van der Waals surface area contributed by atoms with E-state index >= 15 is 0 Å². The van der Waals surface area contributed by atoms with Gasteiger partial charge in [-0.05, 0) is 36.8 Å². The zero-order valence-corrected chi connectivity index (χ0v) is 12.5. The van der Waals surface area contributed by atoms with Crippen LogP contribution in [0.25, 0.3) is 0 Å². The van der Waals surface area contributed by atoms with E-state index in [1.807, 2.05) is 38.1 Å². The van der Waals surface area contributed by atoms with Gasteiger partial charge in [0.15, 0.2) is 0 Å². The zero-order valence-electron chi connectivity index (χ0n) is 12.5. The average molecular weight is 290 g/mol. The molecule has 2 N–H and O–H groups in total. The van der Waals surface area contributed by atoms with Crippen LogP contribution in [0, 0.1) is 5.92 Å². The molecule has 1 aliphatic rings. The van der Waals surface area contributed by atoms with Gasteiger partial charge in [-0.1, -0.05) is 32.0 Å². The molecule has 0 aliphatic carbocycles. The minimum Gasteiger partial charge on any atom is -0.480 e. The van der Waals surface area contributed by atoms with Gasteiger partial charge in [0.05, 0.1) is 0 Å². The number of para-hydroxylation sites is 1. The summed E-state index contributed by atoms with van der Waals surface area (Å²) in [5.41, 5.74) is 2.02. The van der Waals surface area contributed by atoms with Crippen LogP contribution >= 0.6 is 0 Å². The summed E-state index contributed by atoms with van der Waals surface area (Å²) in [5, 5.41) is 11.9. The van der Waals surface area contributed by atoms with E-state index < -0.39 is 12.0 Å². The van der Waals surface area contributed by atoms with Gasteiger partial charge < -0.3 is 10.4 Å². The number of amides is 2. The molecule has 0 saturated heterocycles. The van der Waals surface area contributed by atoms with E-state index in [4.69, 9.17) is 0 Å². The molecular formula is C16H22N2O3. The van der Waals surface area contributed by atoms with Crippen LogP contribution in [0.3, 0.4) is 0 Å². The van der Waals surface area contributed by atoms with Crippen LogP contribution in [0.1, 0.15) is 32.3 Å². The zero-order chi connectivity index (χ0) is 15.4. The first kappa shape index (κ1) is 15.4. The van der Waals surface area contributed by atoms with Crippen molar-refractivity contribution < 1.29 is 14.7 Å². The van der Waals surface area contributed by atoms with Gasteiger partial charge in [0, 0.05) is 12.2 Å². The van der Waals surface area contributed by atoms with Crippen molar-refractivity contribution in [2.45, 2.75) is 39.2 Å². The summed E-state index contributed by atoms with van der Waals surface area (Å²) in [6.45, 7) is 4.51. The Bertz CT molecular complexity index is 528. The summed E-state index contributed by atoms with van der Waals surface area (Å²) in [4.78, 5) is 25.3. The minimum absolute atomic E-state index is 0.208. The number of hydrogen-bond acceptors (Lipinski definition) is 2. The van der Waals surface area contributed by atoms with Gasteiger partial charge in [-0.3, -0.25) is 4.90 Å². The van der Waals surface area contributed by atoms with E-state index in [0.29, 0.717) is 13.0 Å². The average Bonchev–Trinajstić information content (AvgIpc) is 2.45. The Balaban J connectivity index is 2.12. The van der Waals surface area contributed by atoms with Crippen LogP contribution in [0.2, 0.25) is 0 Å². The highest BCUT2D eigenvalue weighted by molar-refractivity contribution is 5.95. The minimum atomic E-state index is -0.984. The molecule has 5 nitrogen and oxygen atoms in total. The molecule has 0 saturated carbocycles. The molecule has 114 valence electrons. The van der Waals surface area contributed by atoms with Gasteiger partial charge >= 0.3 is 12.0 Å². The Kier molecular flexibility index (Phi) is 4.83. The number of benzene rings is 1. The lowest BCUT2D eigenvalue weighted by Crippen LogP contribution is -2.49. The molecule has 0 spiro atoms. The fourth-order valence-corrected chi connectivity index (χ4v) is 2.66. The van der Waals surface area contributed by atoms with Gasteiger partial charge in [-0.2, -0.15) is 0 Å². The molecule has 0 aromatic heterocycles. The van der Waals surface area contributed by atoms with Crippen LogP contribution < -0.4 is 10.2 Å². The van der Waals surface area contributed by atoms with E-state index in [2.05, 4.69) is 5.32 Å². The van der Waals surface area contributed by atoms with Crippen molar-refractivity contribution in [2.24, 2.45) is 5.92 Å². The molecule has 1 aliphatic heterocycles. The van der Waals surface area contributed by atoms with Gasteiger partial charge in [0.2, 0.25) is 0 Å². The first-order valence-corrected chi connectivity index (χ1v) is 7.37. The number of carbonyl (C=O) groups excluding carboxylic acids is 1. The predicted octanol–water partition coefficient (Wildman–Crippen LogP) is 2.65. The number of anilines is 1. The van der Waals surface area contributed by atoms with Crippen LogP contribution in [0.15, 0.2) is 24.3 Å². The van der Waals surface area contributed by atoms with E-state index in [1.54, 1.807) is 4.90 Å². The highest BCUT2D eigenvalue weighted by Gasteiger charge is 2.27. The molecule has 1 heterocycles. The molecule has 1 unspecified atom stereocenters. The molecule has 1 aromatic rings. The van der Waals surface area contributed by atoms with Crippen molar-refractivity contribution in [3.63, 3.8) is 0 Å². The molecule has 0 fully saturated rings. The molecule has 1 atom stereocenters. The van der Waals surface area contributed by atoms with Gasteiger partial charge in [-0.15, -0.1) is 0 Å². The number of aliphatic carboxylic acids is 1. The van der Waals surface area contributed by atoms with Crippen LogP contribution in [0.4, 0.5) is 10.5 Å². The number of carboxylic acids is 1. The monoisotopic (exact) mass is 290 g/mol. The molecule has 2 rings (SSSR count). The first-order chi connectivity index (χ1) is 9.99. The maximum absolute atomic E-state index is 12.4. The summed E-state index contributed by atoms with van der Waals surface area (Å²) in [6.07, 6.45) is 2.28. The molecule has 1 aromatic carbocycles. The Hall–Kier alpha value is -2.04. The first-order valence-electron chi connectivity index (χ1n) is 7.37. The summed E-state index contributed by atoms with van der Waals surface area (Å²) < 4.78 is 0. The molecule has 2 amide bonds. The SMILES string of the molecule is CC(C)CC(NC(=O)N1CCCc2ccccc21)C(=O)O. The molecule has 0 bridgehead atoms. The third-order valence-corrected chi connectivity index (χ3v) is 3.66. The lowest BCUT2D eigenvalue weighted by Gasteiger charge is -2.30. The Morgan fingerprint density at radius 1 is 1.33 bits per heavy atom.